The number of furan rings is 2. The Morgan fingerprint density at radius 2 is 0.651 bits per heavy atom. The van der Waals surface area contributed by atoms with Gasteiger partial charge in [0, 0.05) is 54.8 Å². The van der Waals surface area contributed by atoms with Crippen LogP contribution in [0.1, 0.15) is 121 Å². The van der Waals surface area contributed by atoms with E-state index in [0.29, 0.717) is 11.8 Å². The van der Waals surface area contributed by atoms with E-state index in [2.05, 4.69) is 245 Å². The molecule has 0 spiro atoms. The zero-order valence-electron chi connectivity index (χ0n) is 50.4. The number of para-hydroxylation sites is 4. The highest BCUT2D eigenvalue weighted by atomic mass is 16.3. The molecule has 0 unspecified atom stereocenters. The Balaban J connectivity index is 1.02. The van der Waals surface area contributed by atoms with Crippen molar-refractivity contribution in [2.75, 3.05) is 9.80 Å². The lowest BCUT2D eigenvalue weighted by molar-refractivity contribution is 0.445. The molecule has 0 radical (unpaired) electrons. The highest BCUT2D eigenvalue weighted by Crippen LogP contribution is 2.56. The van der Waals surface area contributed by atoms with E-state index in [0.717, 1.165) is 77.8 Å². The van der Waals surface area contributed by atoms with Crippen LogP contribution in [0.15, 0.2) is 203 Å². The largest absolute Gasteiger partial charge is 0.453 e. The van der Waals surface area contributed by atoms with Crippen molar-refractivity contribution in [1.29, 1.82) is 0 Å². The molecule has 86 heavy (non-hydrogen) atoms. The molecule has 0 aliphatic heterocycles. The molecule has 4 heteroatoms. The van der Waals surface area contributed by atoms with E-state index in [4.69, 9.17) is 8.83 Å². The predicted octanol–water partition coefficient (Wildman–Crippen LogP) is 24.6. The van der Waals surface area contributed by atoms with Gasteiger partial charge in [-0.2, -0.15) is 0 Å². The number of hydrogen-bond donors (Lipinski definition) is 0. The Hall–Kier alpha value is -9.12. The van der Waals surface area contributed by atoms with Gasteiger partial charge in [-0.05, 0) is 193 Å². The molecule has 0 amide bonds. The van der Waals surface area contributed by atoms with E-state index in [1.807, 2.05) is 0 Å². The van der Waals surface area contributed by atoms with E-state index in [9.17, 15) is 0 Å². The second-order valence-corrected chi connectivity index (χ2v) is 25.5. The van der Waals surface area contributed by atoms with Gasteiger partial charge in [0.1, 0.15) is 11.2 Å². The molecule has 0 bridgehead atoms. The highest BCUT2D eigenvalue weighted by molar-refractivity contribution is 6.30. The van der Waals surface area contributed by atoms with E-state index >= 15 is 0 Å². The zero-order chi connectivity index (χ0) is 57.9. The molecule has 2 aliphatic carbocycles. The van der Waals surface area contributed by atoms with Gasteiger partial charge in [-0.3, -0.25) is 0 Å². The molecule has 0 N–H and O–H groups in total. The number of hydrogen-bond acceptors (Lipinski definition) is 4. The highest BCUT2D eigenvalue weighted by Gasteiger charge is 2.32. The molecule has 16 rings (SSSR count). The van der Waals surface area contributed by atoms with Crippen LogP contribution in [0.3, 0.4) is 0 Å². The fourth-order valence-corrected chi connectivity index (χ4v) is 15.7. The summed E-state index contributed by atoms with van der Waals surface area (Å²) in [5, 5.41) is 12.5. The zero-order valence-corrected chi connectivity index (χ0v) is 50.4. The number of rotatable bonds is 10. The Morgan fingerprint density at radius 3 is 1.07 bits per heavy atom. The number of nitrogens with zero attached hydrogens (tertiary/aromatic N) is 2. The summed E-state index contributed by atoms with van der Waals surface area (Å²) in [4.78, 5) is 5.19. The van der Waals surface area contributed by atoms with Crippen LogP contribution < -0.4 is 9.80 Å². The standard InChI is InChI=1S/C82H72N2O2/c1-49-37-39-53(5)73(45-49)83(71-35-19-33-65-63-31-17-29-61(79(63)85-81(65)71)57-27-15-13-21-51(57)3)75-47-69(55-23-9-7-10-24-55)59-42-44-68-76(48-70(56-25-11-8-12-26-56)60-41-43-67(75)77(59)78(60)68)84(74-46-50(2)38-40-54(74)6)72-36-20-34-66-64-32-18-30-62(80(64)86-82(66)72)58-28-16-14-22-52(58)4/h13-22,27-48,55-56H,7-12,23-26H2,1-6H3. The Morgan fingerprint density at radius 1 is 0.279 bits per heavy atom. The van der Waals surface area contributed by atoms with Crippen molar-refractivity contribution in [2.24, 2.45) is 0 Å². The third-order valence-electron chi connectivity index (χ3n) is 20.1. The first kappa shape index (κ1) is 52.4. The van der Waals surface area contributed by atoms with Crippen LogP contribution in [-0.4, -0.2) is 0 Å². The Labute approximate surface area is 504 Å². The molecule has 0 saturated heterocycles. The summed E-state index contributed by atoms with van der Waals surface area (Å²) in [5.74, 6) is 0.843. The molecule has 2 aromatic heterocycles. The predicted molar refractivity (Wildman–Crippen MR) is 365 cm³/mol. The lowest BCUT2D eigenvalue weighted by Gasteiger charge is -2.34. The van der Waals surface area contributed by atoms with Crippen molar-refractivity contribution in [3.8, 4) is 22.3 Å². The lowest BCUT2D eigenvalue weighted by Crippen LogP contribution is -2.15. The first-order valence-corrected chi connectivity index (χ1v) is 31.7. The number of fused-ring (bicyclic) bond motifs is 6. The van der Waals surface area contributed by atoms with Gasteiger partial charge in [0.25, 0.3) is 0 Å². The third kappa shape index (κ3) is 8.38. The Bertz CT molecular complexity index is 4690. The molecule has 12 aromatic carbocycles. The van der Waals surface area contributed by atoms with Gasteiger partial charge in [-0.1, -0.05) is 196 Å². The first-order chi connectivity index (χ1) is 42.2. The quantitative estimate of drug-likeness (QED) is 0.128. The van der Waals surface area contributed by atoms with Gasteiger partial charge in [-0.25, -0.2) is 0 Å². The van der Waals surface area contributed by atoms with Crippen molar-refractivity contribution in [2.45, 2.75) is 118 Å². The first-order valence-electron chi connectivity index (χ1n) is 31.7. The van der Waals surface area contributed by atoms with E-state index in [1.165, 1.54) is 164 Å². The minimum absolute atomic E-state index is 0.421. The summed E-state index contributed by atoms with van der Waals surface area (Å²) < 4.78 is 14.9. The molecular weight excluding hydrogens is 1040 g/mol. The maximum Gasteiger partial charge on any atom is 0.159 e. The number of benzene rings is 12. The van der Waals surface area contributed by atoms with Gasteiger partial charge in [-0.15, -0.1) is 0 Å². The summed E-state index contributed by atoms with van der Waals surface area (Å²) in [6.07, 6.45) is 12.3. The summed E-state index contributed by atoms with van der Waals surface area (Å²) >= 11 is 0. The second kappa shape index (κ2) is 20.8. The molecule has 2 aliphatic rings. The molecule has 2 saturated carbocycles. The monoisotopic (exact) mass is 1120 g/mol. The maximum atomic E-state index is 7.45. The fourth-order valence-electron chi connectivity index (χ4n) is 15.7. The van der Waals surface area contributed by atoms with Crippen LogP contribution >= 0.6 is 0 Å². The van der Waals surface area contributed by atoms with Gasteiger partial charge >= 0.3 is 0 Å². The van der Waals surface area contributed by atoms with Crippen molar-refractivity contribution < 1.29 is 8.83 Å². The summed E-state index contributed by atoms with van der Waals surface area (Å²) in [7, 11) is 0. The van der Waals surface area contributed by atoms with Gasteiger partial charge < -0.3 is 18.6 Å². The smallest absolute Gasteiger partial charge is 0.159 e. The third-order valence-corrected chi connectivity index (χ3v) is 20.1. The number of anilines is 6. The molecule has 2 fully saturated rings. The van der Waals surface area contributed by atoms with Crippen LogP contribution in [0.4, 0.5) is 34.1 Å². The van der Waals surface area contributed by atoms with Crippen molar-refractivity contribution in [3.63, 3.8) is 0 Å². The van der Waals surface area contributed by atoms with E-state index < -0.39 is 0 Å². The molecular formula is C82H72N2O2. The van der Waals surface area contributed by atoms with Crippen LogP contribution in [0.2, 0.25) is 0 Å². The summed E-state index contributed by atoms with van der Waals surface area (Å²) in [5.41, 5.74) is 25.3. The Kier molecular flexibility index (Phi) is 12.7. The lowest BCUT2D eigenvalue weighted by atomic mass is 9.77. The fraction of sp³-hybridized carbons (Fsp3) is 0.220. The normalized spacial score (nSPS) is 14.5. The van der Waals surface area contributed by atoms with Gasteiger partial charge in [0.2, 0.25) is 0 Å². The minimum atomic E-state index is 0.421. The van der Waals surface area contributed by atoms with Gasteiger partial charge in [0.15, 0.2) is 11.2 Å². The maximum absolute atomic E-state index is 7.45. The van der Waals surface area contributed by atoms with Crippen molar-refractivity contribution >= 4 is 110 Å². The van der Waals surface area contributed by atoms with E-state index in [1.54, 1.807) is 0 Å². The topological polar surface area (TPSA) is 32.8 Å². The van der Waals surface area contributed by atoms with E-state index in [-0.39, 0.29) is 0 Å². The minimum Gasteiger partial charge on any atom is -0.453 e. The number of aryl methyl sites for hydroxylation is 6. The average molecular weight is 1120 g/mol. The molecule has 0 atom stereocenters. The average Bonchev–Trinajstić information content (AvgIpc) is 0.751. The molecule has 14 aromatic rings. The molecule has 4 nitrogen and oxygen atoms in total. The second-order valence-electron chi connectivity index (χ2n) is 25.5. The SMILES string of the molecule is Cc1ccc(C)c(N(c2cc(C3CCCCC3)c3ccc4c(N(c5cc(C)ccc5C)c5cccc6c5oc5c(-c7ccccc7C)cccc56)cc(C5CCCCC5)c5ccc2c3c54)c2cccc3c2oc2c(-c4ccccc4C)cccc23)c1. The molecule has 2 heterocycles. The van der Waals surface area contributed by atoms with Crippen LogP contribution in [-0.2, 0) is 0 Å². The van der Waals surface area contributed by atoms with Crippen molar-refractivity contribution in [3.05, 3.63) is 239 Å². The molecule has 422 valence electrons. The van der Waals surface area contributed by atoms with Gasteiger partial charge in [0.05, 0.1) is 22.7 Å². The summed E-state index contributed by atoms with van der Waals surface area (Å²) in [6, 6.07) is 73.6. The van der Waals surface area contributed by atoms with Crippen LogP contribution in [0, 0.1) is 41.5 Å². The van der Waals surface area contributed by atoms with Crippen LogP contribution in [0.5, 0.6) is 0 Å². The summed E-state index contributed by atoms with van der Waals surface area (Å²) in [6.45, 7) is 13.4. The van der Waals surface area contributed by atoms with Crippen LogP contribution in [0.25, 0.3) is 98.4 Å². The van der Waals surface area contributed by atoms with Crippen molar-refractivity contribution in [1.82, 2.24) is 0 Å².